The van der Waals surface area contributed by atoms with Crippen LogP contribution in [0.15, 0.2) is 48.5 Å². The largest absolute Gasteiger partial charge is 0.394 e. The summed E-state index contributed by atoms with van der Waals surface area (Å²) in [6.45, 7) is 2.11. The molecule has 0 aromatic heterocycles. The minimum absolute atomic E-state index is 0.0941. The van der Waals surface area contributed by atoms with E-state index < -0.39 is 0 Å². The third-order valence-corrected chi connectivity index (χ3v) is 3.88. The van der Waals surface area contributed by atoms with Gasteiger partial charge in [0, 0.05) is 6.61 Å². The summed E-state index contributed by atoms with van der Waals surface area (Å²) >= 11 is 0. The van der Waals surface area contributed by atoms with Gasteiger partial charge in [0.2, 0.25) is 0 Å². The summed E-state index contributed by atoms with van der Waals surface area (Å²) in [6, 6.07) is 17.5. The van der Waals surface area contributed by atoms with Crippen molar-refractivity contribution in [3.63, 3.8) is 0 Å². The van der Waals surface area contributed by atoms with Crippen molar-refractivity contribution < 1.29 is 9.84 Å². The van der Waals surface area contributed by atoms with Crippen LogP contribution in [0.3, 0.4) is 0 Å². The number of hydrogen-bond donors (Lipinski definition) is 2. The molecule has 0 atom stereocenters. The molecule has 2 aromatic rings. The lowest BCUT2D eigenvalue weighted by Gasteiger charge is -2.15. The molecule has 3 heteroatoms. The summed E-state index contributed by atoms with van der Waals surface area (Å²) in [7, 11) is 0. The molecule has 0 aliphatic heterocycles. The van der Waals surface area contributed by atoms with E-state index in [-0.39, 0.29) is 12.6 Å². The lowest BCUT2D eigenvalue weighted by atomic mass is 10.1. The Morgan fingerprint density at radius 2 is 1.52 bits per heavy atom. The van der Waals surface area contributed by atoms with Gasteiger partial charge in [-0.05, 0) is 35.2 Å². The van der Waals surface area contributed by atoms with Crippen molar-refractivity contribution in [2.75, 3.05) is 26.4 Å². The Bertz CT molecular complexity index is 552. The monoisotopic (exact) mass is 283 g/mol. The molecule has 0 fully saturated rings. The van der Waals surface area contributed by atoms with Crippen LogP contribution in [-0.2, 0) is 4.74 Å². The quantitative estimate of drug-likeness (QED) is 0.768. The van der Waals surface area contributed by atoms with Gasteiger partial charge in [0.1, 0.15) is 0 Å². The number of hydrogen-bond acceptors (Lipinski definition) is 3. The zero-order chi connectivity index (χ0) is 14.5. The normalized spacial score (nSPS) is 13.2. The number of benzene rings is 2. The molecule has 0 spiro atoms. The number of nitrogens with one attached hydrogen (secondary N) is 1. The van der Waals surface area contributed by atoms with Crippen molar-refractivity contribution >= 4 is 0 Å². The van der Waals surface area contributed by atoms with Gasteiger partial charge >= 0.3 is 0 Å². The summed E-state index contributed by atoms with van der Waals surface area (Å²) < 4.78 is 5.30. The van der Waals surface area contributed by atoms with Crippen LogP contribution >= 0.6 is 0 Å². The highest BCUT2D eigenvalue weighted by molar-refractivity contribution is 5.78. The van der Waals surface area contributed by atoms with Gasteiger partial charge in [-0.15, -0.1) is 0 Å². The van der Waals surface area contributed by atoms with E-state index in [2.05, 4.69) is 53.8 Å². The second-order valence-corrected chi connectivity index (χ2v) is 5.25. The van der Waals surface area contributed by atoms with Crippen LogP contribution in [-0.4, -0.2) is 31.5 Å². The van der Waals surface area contributed by atoms with Crippen molar-refractivity contribution in [1.82, 2.24) is 5.32 Å². The van der Waals surface area contributed by atoms with Gasteiger partial charge in [0.05, 0.1) is 19.3 Å². The van der Waals surface area contributed by atoms with Gasteiger partial charge < -0.3 is 15.2 Å². The number of aliphatic hydroxyl groups is 1. The molecular weight excluding hydrogens is 262 g/mol. The average Bonchev–Trinajstić information content (AvgIpc) is 2.85. The van der Waals surface area contributed by atoms with E-state index in [9.17, 15) is 0 Å². The third-order valence-electron chi connectivity index (χ3n) is 3.88. The van der Waals surface area contributed by atoms with E-state index >= 15 is 0 Å². The first-order valence-corrected chi connectivity index (χ1v) is 7.52. The highest BCUT2D eigenvalue weighted by Crippen LogP contribution is 2.42. The van der Waals surface area contributed by atoms with Crippen molar-refractivity contribution in [1.29, 1.82) is 0 Å². The Morgan fingerprint density at radius 1 is 0.905 bits per heavy atom. The van der Waals surface area contributed by atoms with E-state index in [1.807, 2.05) is 0 Å². The van der Waals surface area contributed by atoms with Gasteiger partial charge in [0.25, 0.3) is 0 Å². The molecule has 2 N–H and O–H groups in total. The van der Waals surface area contributed by atoms with Crippen molar-refractivity contribution in [3.8, 4) is 11.1 Å². The maximum Gasteiger partial charge on any atom is 0.0697 e. The Kier molecular flexibility index (Phi) is 4.65. The first-order valence-electron chi connectivity index (χ1n) is 7.52. The SMILES string of the molecule is OCCOCCCNC1c2ccccc2-c2ccccc21. The van der Waals surface area contributed by atoms with Crippen LogP contribution < -0.4 is 5.32 Å². The summed E-state index contributed by atoms with van der Waals surface area (Å²) in [5.74, 6) is 0. The Balaban J connectivity index is 1.68. The number of aliphatic hydroxyl groups excluding tert-OH is 1. The molecule has 1 aliphatic rings. The van der Waals surface area contributed by atoms with Crippen LogP contribution in [0.25, 0.3) is 11.1 Å². The van der Waals surface area contributed by atoms with E-state index in [1.54, 1.807) is 0 Å². The second-order valence-electron chi connectivity index (χ2n) is 5.25. The second kappa shape index (κ2) is 6.85. The fourth-order valence-corrected chi connectivity index (χ4v) is 2.96. The molecule has 0 heterocycles. The molecule has 0 radical (unpaired) electrons. The van der Waals surface area contributed by atoms with Crippen LogP contribution in [0.1, 0.15) is 23.6 Å². The van der Waals surface area contributed by atoms with Crippen LogP contribution in [0.4, 0.5) is 0 Å². The molecule has 3 nitrogen and oxygen atoms in total. The van der Waals surface area contributed by atoms with E-state index in [4.69, 9.17) is 9.84 Å². The molecule has 0 bridgehead atoms. The highest BCUT2D eigenvalue weighted by Gasteiger charge is 2.26. The molecule has 2 aromatic carbocycles. The summed E-state index contributed by atoms with van der Waals surface area (Å²) in [5, 5.41) is 12.3. The molecular formula is C18H21NO2. The first-order chi connectivity index (χ1) is 10.4. The lowest BCUT2D eigenvalue weighted by molar-refractivity contribution is 0.0905. The van der Waals surface area contributed by atoms with Gasteiger partial charge in [-0.1, -0.05) is 48.5 Å². The zero-order valence-electron chi connectivity index (χ0n) is 12.1. The highest BCUT2D eigenvalue weighted by atomic mass is 16.5. The number of rotatable bonds is 7. The molecule has 0 unspecified atom stereocenters. The first kappa shape index (κ1) is 14.3. The van der Waals surface area contributed by atoms with Crippen molar-refractivity contribution in [3.05, 3.63) is 59.7 Å². The zero-order valence-corrected chi connectivity index (χ0v) is 12.1. The Morgan fingerprint density at radius 3 is 2.14 bits per heavy atom. The maximum atomic E-state index is 8.67. The van der Waals surface area contributed by atoms with E-state index in [0.717, 1.165) is 13.0 Å². The van der Waals surface area contributed by atoms with E-state index in [0.29, 0.717) is 13.2 Å². The van der Waals surface area contributed by atoms with Gasteiger partial charge in [-0.25, -0.2) is 0 Å². The van der Waals surface area contributed by atoms with Crippen molar-refractivity contribution in [2.45, 2.75) is 12.5 Å². The van der Waals surface area contributed by atoms with Crippen LogP contribution in [0.5, 0.6) is 0 Å². The Labute approximate surface area is 125 Å². The molecule has 0 saturated heterocycles. The molecule has 110 valence electrons. The fraction of sp³-hybridized carbons (Fsp3) is 0.333. The van der Waals surface area contributed by atoms with Crippen LogP contribution in [0.2, 0.25) is 0 Å². The van der Waals surface area contributed by atoms with Gasteiger partial charge in [-0.3, -0.25) is 0 Å². The van der Waals surface area contributed by atoms with E-state index in [1.165, 1.54) is 22.3 Å². The molecule has 1 aliphatic carbocycles. The summed E-state index contributed by atoms with van der Waals surface area (Å²) in [6.07, 6.45) is 0.945. The average molecular weight is 283 g/mol. The third kappa shape index (κ3) is 3.00. The molecule has 0 saturated carbocycles. The molecule has 0 amide bonds. The minimum atomic E-state index is 0.0941. The summed E-state index contributed by atoms with van der Waals surface area (Å²) in [4.78, 5) is 0. The van der Waals surface area contributed by atoms with Crippen molar-refractivity contribution in [2.24, 2.45) is 0 Å². The van der Waals surface area contributed by atoms with Gasteiger partial charge in [0.15, 0.2) is 0 Å². The predicted octanol–water partition coefficient (Wildman–Crippen LogP) is 2.75. The lowest BCUT2D eigenvalue weighted by Crippen LogP contribution is -2.22. The molecule has 21 heavy (non-hydrogen) atoms. The fourth-order valence-electron chi connectivity index (χ4n) is 2.96. The van der Waals surface area contributed by atoms with Gasteiger partial charge in [-0.2, -0.15) is 0 Å². The topological polar surface area (TPSA) is 41.5 Å². The smallest absolute Gasteiger partial charge is 0.0697 e. The molecule has 3 rings (SSSR count). The number of ether oxygens (including phenoxy) is 1. The summed E-state index contributed by atoms with van der Waals surface area (Å²) in [5.41, 5.74) is 5.38. The minimum Gasteiger partial charge on any atom is -0.394 e. The predicted molar refractivity (Wildman–Crippen MR) is 84.2 cm³/mol. The Hall–Kier alpha value is -1.68. The number of fused-ring (bicyclic) bond motifs is 3. The standard InChI is InChI=1S/C18H21NO2/c20-11-13-21-12-5-10-19-18-16-8-3-1-6-14(16)15-7-2-4-9-17(15)18/h1-4,6-9,18-20H,5,10-13H2. The maximum absolute atomic E-state index is 8.67. The van der Waals surface area contributed by atoms with Crippen LogP contribution in [0, 0.1) is 0 Å².